The summed E-state index contributed by atoms with van der Waals surface area (Å²) in [5.41, 5.74) is 0.948. The van der Waals surface area contributed by atoms with Gasteiger partial charge in [-0.15, -0.1) is 0 Å². The van der Waals surface area contributed by atoms with Gasteiger partial charge in [0.1, 0.15) is 16.8 Å². The first-order valence-electron chi connectivity index (χ1n) is 4.67. The molecule has 0 unspecified atom stereocenters. The van der Waals surface area contributed by atoms with Crippen LogP contribution < -0.4 is 5.32 Å². The van der Waals surface area contributed by atoms with E-state index in [9.17, 15) is 0 Å². The zero-order chi connectivity index (χ0) is 11.5. The van der Waals surface area contributed by atoms with Gasteiger partial charge in [0.2, 0.25) is 0 Å². The van der Waals surface area contributed by atoms with Crippen LogP contribution in [-0.2, 0) is 0 Å². The Bertz CT molecular complexity index is 496. The number of nitrogens with zero attached hydrogens (tertiary/aromatic N) is 2. The fraction of sp³-hybridized carbons (Fsp3) is 0.0909. The van der Waals surface area contributed by atoms with E-state index < -0.39 is 0 Å². The molecule has 0 aliphatic heterocycles. The number of hydrogen-bond acceptors (Lipinski definition) is 3. The molecule has 0 saturated carbocycles. The number of anilines is 2. The fourth-order valence-electron chi connectivity index (χ4n) is 1.31. The van der Waals surface area contributed by atoms with Gasteiger partial charge in [0.25, 0.3) is 0 Å². The maximum atomic E-state index is 5.85. The van der Waals surface area contributed by atoms with Gasteiger partial charge in [0.15, 0.2) is 0 Å². The van der Waals surface area contributed by atoms with Gasteiger partial charge in [-0.3, -0.25) is 0 Å². The molecule has 0 fully saturated rings. The van der Waals surface area contributed by atoms with E-state index in [0.717, 1.165) is 10.2 Å². The summed E-state index contributed by atoms with van der Waals surface area (Å²) in [6, 6.07) is 9.52. The summed E-state index contributed by atoms with van der Waals surface area (Å²) in [5, 5.41) is 3.60. The SMILES string of the molecule is Cc1nc(Cl)cc(Nc2cccc(Br)c2)n1. The molecule has 1 heterocycles. The van der Waals surface area contributed by atoms with Crippen LogP contribution in [0.3, 0.4) is 0 Å². The number of nitrogens with one attached hydrogen (secondary N) is 1. The minimum atomic E-state index is 0.435. The second-order valence-electron chi connectivity index (χ2n) is 3.26. The highest BCUT2D eigenvalue weighted by Gasteiger charge is 2.00. The molecule has 16 heavy (non-hydrogen) atoms. The highest BCUT2D eigenvalue weighted by atomic mass is 79.9. The quantitative estimate of drug-likeness (QED) is 0.853. The maximum absolute atomic E-state index is 5.85. The molecule has 2 aromatic rings. The molecule has 0 radical (unpaired) electrons. The van der Waals surface area contributed by atoms with Crippen molar-refractivity contribution in [2.24, 2.45) is 0 Å². The molecule has 0 spiro atoms. The van der Waals surface area contributed by atoms with E-state index in [4.69, 9.17) is 11.6 Å². The van der Waals surface area contributed by atoms with E-state index in [1.54, 1.807) is 13.0 Å². The van der Waals surface area contributed by atoms with Crippen LogP contribution in [-0.4, -0.2) is 9.97 Å². The van der Waals surface area contributed by atoms with Crippen LogP contribution >= 0.6 is 27.5 Å². The van der Waals surface area contributed by atoms with Crippen molar-refractivity contribution in [1.29, 1.82) is 0 Å². The average molecular weight is 299 g/mol. The largest absolute Gasteiger partial charge is 0.340 e. The molecule has 82 valence electrons. The lowest BCUT2D eigenvalue weighted by atomic mass is 10.3. The van der Waals surface area contributed by atoms with Crippen LogP contribution in [0.1, 0.15) is 5.82 Å². The van der Waals surface area contributed by atoms with Gasteiger partial charge in [0.05, 0.1) is 0 Å². The van der Waals surface area contributed by atoms with E-state index in [1.807, 2.05) is 24.3 Å². The summed E-state index contributed by atoms with van der Waals surface area (Å²) >= 11 is 9.25. The van der Waals surface area contributed by atoms with Gasteiger partial charge in [0, 0.05) is 16.2 Å². The highest BCUT2D eigenvalue weighted by molar-refractivity contribution is 9.10. The predicted octanol–water partition coefficient (Wildman–Crippen LogP) is 3.94. The van der Waals surface area contributed by atoms with E-state index in [-0.39, 0.29) is 0 Å². The van der Waals surface area contributed by atoms with Gasteiger partial charge in [-0.05, 0) is 25.1 Å². The minimum absolute atomic E-state index is 0.435. The Balaban J connectivity index is 2.27. The first-order chi connectivity index (χ1) is 7.63. The third-order valence-corrected chi connectivity index (χ3v) is 2.59. The van der Waals surface area contributed by atoms with Crippen molar-refractivity contribution in [2.45, 2.75) is 6.92 Å². The highest BCUT2D eigenvalue weighted by Crippen LogP contribution is 2.20. The summed E-state index contributed by atoms with van der Waals surface area (Å²) in [5.74, 6) is 1.33. The molecular weight excluding hydrogens is 289 g/mol. The summed E-state index contributed by atoms with van der Waals surface area (Å²) in [6.07, 6.45) is 0. The molecule has 3 nitrogen and oxygen atoms in total. The van der Waals surface area contributed by atoms with Crippen molar-refractivity contribution in [3.05, 3.63) is 45.8 Å². The van der Waals surface area contributed by atoms with Gasteiger partial charge >= 0.3 is 0 Å². The Morgan fingerprint density at radius 2 is 2.06 bits per heavy atom. The zero-order valence-corrected chi connectivity index (χ0v) is 10.9. The molecule has 0 bridgehead atoms. The fourth-order valence-corrected chi connectivity index (χ4v) is 1.93. The molecule has 1 aromatic heterocycles. The monoisotopic (exact) mass is 297 g/mol. The molecule has 0 amide bonds. The Kier molecular flexibility index (Phi) is 3.41. The molecule has 0 aliphatic rings. The van der Waals surface area contributed by atoms with E-state index in [2.05, 4.69) is 31.2 Å². The van der Waals surface area contributed by atoms with Crippen LogP contribution in [0, 0.1) is 6.92 Å². The van der Waals surface area contributed by atoms with Crippen LogP contribution in [0.15, 0.2) is 34.8 Å². The van der Waals surface area contributed by atoms with Crippen molar-refractivity contribution in [3.8, 4) is 0 Å². The number of benzene rings is 1. The van der Waals surface area contributed by atoms with Crippen molar-refractivity contribution in [2.75, 3.05) is 5.32 Å². The molecule has 2 rings (SSSR count). The second-order valence-corrected chi connectivity index (χ2v) is 4.56. The number of aryl methyl sites for hydroxylation is 1. The van der Waals surface area contributed by atoms with Gasteiger partial charge in [-0.2, -0.15) is 0 Å². The van der Waals surface area contributed by atoms with Crippen molar-refractivity contribution < 1.29 is 0 Å². The van der Waals surface area contributed by atoms with E-state index in [0.29, 0.717) is 16.8 Å². The Labute approximate surface area is 107 Å². The standard InChI is InChI=1S/C11H9BrClN3/c1-7-14-10(13)6-11(15-7)16-9-4-2-3-8(12)5-9/h2-6H,1H3,(H,14,15,16). The molecule has 1 aromatic carbocycles. The number of aromatic nitrogens is 2. The predicted molar refractivity (Wildman–Crippen MR) is 69.2 cm³/mol. The first-order valence-corrected chi connectivity index (χ1v) is 5.84. The van der Waals surface area contributed by atoms with Crippen LogP contribution in [0.2, 0.25) is 5.15 Å². The van der Waals surface area contributed by atoms with E-state index >= 15 is 0 Å². The smallest absolute Gasteiger partial charge is 0.135 e. The summed E-state index contributed by atoms with van der Waals surface area (Å²) in [7, 11) is 0. The molecule has 0 saturated heterocycles. The van der Waals surface area contributed by atoms with Crippen LogP contribution in [0.4, 0.5) is 11.5 Å². The molecule has 5 heteroatoms. The Morgan fingerprint density at radius 1 is 1.25 bits per heavy atom. The molecule has 0 aliphatic carbocycles. The lowest BCUT2D eigenvalue weighted by Crippen LogP contribution is -1.97. The number of halogens is 2. The summed E-state index contributed by atoms with van der Waals surface area (Å²) in [6.45, 7) is 1.80. The Morgan fingerprint density at radius 3 is 2.75 bits per heavy atom. The van der Waals surface area contributed by atoms with Gasteiger partial charge in [-0.25, -0.2) is 9.97 Å². The third kappa shape index (κ3) is 2.93. The van der Waals surface area contributed by atoms with Crippen LogP contribution in [0.25, 0.3) is 0 Å². The van der Waals surface area contributed by atoms with E-state index in [1.165, 1.54) is 0 Å². The zero-order valence-electron chi connectivity index (χ0n) is 8.54. The topological polar surface area (TPSA) is 37.8 Å². The first kappa shape index (κ1) is 11.4. The summed E-state index contributed by atoms with van der Waals surface area (Å²) in [4.78, 5) is 8.24. The maximum Gasteiger partial charge on any atom is 0.135 e. The van der Waals surface area contributed by atoms with Gasteiger partial charge < -0.3 is 5.32 Å². The normalized spacial score (nSPS) is 10.2. The molecular formula is C11H9BrClN3. The summed E-state index contributed by atoms with van der Waals surface area (Å²) < 4.78 is 1.01. The van der Waals surface area contributed by atoms with Gasteiger partial charge in [-0.1, -0.05) is 33.6 Å². The average Bonchev–Trinajstić information content (AvgIpc) is 2.15. The molecule has 1 N–H and O–H groups in total. The lowest BCUT2D eigenvalue weighted by molar-refractivity contribution is 1.06. The molecule has 0 atom stereocenters. The third-order valence-electron chi connectivity index (χ3n) is 1.90. The van der Waals surface area contributed by atoms with Crippen molar-refractivity contribution in [3.63, 3.8) is 0 Å². The van der Waals surface area contributed by atoms with Crippen molar-refractivity contribution in [1.82, 2.24) is 9.97 Å². The van der Waals surface area contributed by atoms with Crippen molar-refractivity contribution >= 4 is 39.0 Å². The Hall–Kier alpha value is -1.13. The number of rotatable bonds is 2. The lowest BCUT2D eigenvalue weighted by Gasteiger charge is -2.06. The second kappa shape index (κ2) is 4.80. The minimum Gasteiger partial charge on any atom is -0.340 e. The van der Waals surface area contributed by atoms with Crippen LogP contribution in [0.5, 0.6) is 0 Å². The number of hydrogen-bond donors (Lipinski definition) is 1.